The van der Waals surface area contributed by atoms with E-state index in [2.05, 4.69) is 15.6 Å². The van der Waals surface area contributed by atoms with Crippen LogP contribution in [0.15, 0.2) is 6.20 Å². The number of rotatable bonds is 4. The van der Waals surface area contributed by atoms with E-state index in [9.17, 15) is 18.3 Å². The predicted molar refractivity (Wildman–Crippen MR) is 75.5 cm³/mol. The second-order valence-corrected chi connectivity index (χ2v) is 8.34. The maximum atomic E-state index is 11.9. The minimum Gasteiger partial charge on any atom is -0.384 e. The van der Waals surface area contributed by atoms with E-state index in [0.29, 0.717) is 5.69 Å². The predicted octanol–water partition coefficient (Wildman–Crippen LogP) is -0.974. The smallest absolute Gasteiger partial charge is 0.242 e. The van der Waals surface area contributed by atoms with Gasteiger partial charge in [0.15, 0.2) is 9.84 Å². The molecule has 21 heavy (non-hydrogen) atoms. The number of nitrogens with one attached hydrogen (secondary N) is 1. The SMILES string of the molecule is CC(C)(O)c1cn(CC(=O)NC2CS(=O)(=O)CC2Cl)nn1. The van der Waals surface area contributed by atoms with Crippen LogP contribution in [0.5, 0.6) is 0 Å². The first-order chi connectivity index (χ1) is 9.57. The molecule has 1 aliphatic rings. The van der Waals surface area contributed by atoms with Gasteiger partial charge in [-0.15, -0.1) is 16.7 Å². The van der Waals surface area contributed by atoms with Gasteiger partial charge in [-0.3, -0.25) is 4.79 Å². The van der Waals surface area contributed by atoms with E-state index in [1.54, 1.807) is 13.8 Å². The van der Waals surface area contributed by atoms with Crippen molar-refractivity contribution in [3.63, 3.8) is 0 Å². The Morgan fingerprint density at radius 1 is 1.57 bits per heavy atom. The lowest BCUT2D eigenvalue weighted by Crippen LogP contribution is -2.42. The average Bonchev–Trinajstić information content (AvgIpc) is 2.83. The molecule has 2 atom stereocenters. The zero-order valence-corrected chi connectivity index (χ0v) is 13.2. The molecule has 2 rings (SSSR count). The lowest BCUT2D eigenvalue weighted by Gasteiger charge is -2.14. The largest absolute Gasteiger partial charge is 0.384 e. The third kappa shape index (κ3) is 4.14. The van der Waals surface area contributed by atoms with Crippen molar-refractivity contribution in [3.05, 3.63) is 11.9 Å². The first-order valence-electron chi connectivity index (χ1n) is 6.34. The van der Waals surface area contributed by atoms with Crippen molar-refractivity contribution < 1.29 is 18.3 Å². The second kappa shape index (κ2) is 5.54. The molecular weight excluding hydrogens is 320 g/mol. The third-order valence-corrected chi connectivity index (χ3v) is 5.48. The van der Waals surface area contributed by atoms with Gasteiger partial charge in [-0.2, -0.15) is 0 Å². The zero-order chi connectivity index (χ0) is 15.8. The van der Waals surface area contributed by atoms with E-state index < -0.39 is 32.8 Å². The summed E-state index contributed by atoms with van der Waals surface area (Å²) in [6.07, 6.45) is 1.46. The van der Waals surface area contributed by atoms with Crippen LogP contribution in [0.4, 0.5) is 0 Å². The van der Waals surface area contributed by atoms with E-state index in [1.165, 1.54) is 10.9 Å². The summed E-state index contributed by atoms with van der Waals surface area (Å²) in [5.41, 5.74) is -0.802. The second-order valence-electron chi connectivity index (χ2n) is 5.63. The minimum atomic E-state index is -3.19. The van der Waals surface area contributed by atoms with E-state index in [-0.39, 0.29) is 18.1 Å². The van der Waals surface area contributed by atoms with Crippen molar-refractivity contribution in [1.82, 2.24) is 20.3 Å². The maximum Gasteiger partial charge on any atom is 0.242 e. The first kappa shape index (κ1) is 16.2. The van der Waals surface area contributed by atoms with Crippen molar-refractivity contribution in [2.45, 2.75) is 37.4 Å². The summed E-state index contributed by atoms with van der Waals surface area (Å²) in [5.74, 6) is -0.694. The van der Waals surface area contributed by atoms with E-state index >= 15 is 0 Å². The summed E-state index contributed by atoms with van der Waals surface area (Å²) in [5, 5.41) is 19.2. The molecule has 1 fully saturated rings. The van der Waals surface area contributed by atoms with Gasteiger partial charge in [0.25, 0.3) is 0 Å². The Morgan fingerprint density at radius 2 is 2.24 bits per heavy atom. The number of aliphatic hydroxyl groups is 1. The fourth-order valence-electron chi connectivity index (χ4n) is 1.99. The Morgan fingerprint density at radius 3 is 2.71 bits per heavy atom. The number of carbonyl (C=O) groups is 1. The summed E-state index contributed by atoms with van der Waals surface area (Å²) < 4.78 is 24.1. The van der Waals surface area contributed by atoms with Gasteiger partial charge in [0, 0.05) is 0 Å². The van der Waals surface area contributed by atoms with Gasteiger partial charge in [0.05, 0.1) is 29.1 Å². The number of halogens is 1. The van der Waals surface area contributed by atoms with Gasteiger partial charge in [-0.05, 0) is 13.8 Å². The highest BCUT2D eigenvalue weighted by atomic mass is 35.5. The van der Waals surface area contributed by atoms with Crippen LogP contribution in [0, 0.1) is 0 Å². The van der Waals surface area contributed by atoms with Crippen molar-refractivity contribution in [2.75, 3.05) is 11.5 Å². The molecule has 0 spiro atoms. The van der Waals surface area contributed by atoms with Crippen LogP contribution in [0.2, 0.25) is 0 Å². The Bertz CT molecular complexity index is 637. The van der Waals surface area contributed by atoms with Crippen LogP contribution in [-0.4, -0.2) is 57.4 Å². The standard InChI is InChI=1S/C11H17ClN4O4S/c1-11(2,18)9-3-16(15-14-9)4-10(17)13-8-6-21(19,20)5-7(8)12/h3,7-8,18H,4-6H2,1-2H3,(H,13,17). The monoisotopic (exact) mass is 336 g/mol. The molecule has 0 aromatic carbocycles. The summed E-state index contributed by atoms with van der Waals surface area (Å²) >= 11 is 5.91. The van der Waals surface area contributed by atoms with Crippen LogP contribution >= 0.6 is 11.6 Å². The molecule has 118 valence electrons. The number of hydrogen-bond donors (Lipinski definition) is 2. The topological polar surface area (TPSA) is 114 Å². The Labute approximate surface area is 127 Å². The fourth-order valence-corrected chi connectivity index (χ4v) is 4.54. The van der Waals surface area contributed by atoms with Crippen LogP contribution in [0.3, 0.4) is 0 Å². The van der Waals surface area contributed by atoms with Crippen molar-refractivity contribution in [2.24, 2.45) is 0 Å². The van der Waals surface area contributed by atoms with Gasteiger partial charge in [-0.25, -0.2) is 13.1 Å². The van der Waals surface area contributed by atoms with Crippen molar-refractivity contribution in [3.8, 4) is 0 Å². The van der Waals surface area contributed by atoms with Crippen LogP contribution in [0.1, 0.15) is 19.5 Å². The van der Waals surface area contributed by atoms with Gasteiger partial charge >= 0.3 is 0 Å². The normalized spacial score (nSPS) is 25.0. The van der Waals surface area contributed by atoms with Crippen LogP contribution in [-0.2, 0) is 26.8 Å². The van der Waals surface area contributed by atoms with Gasteiger partial charge in [-0.1, -0.05) is 5.21 Å². The van der Waals surface area contributed by atoms with Gasteiger partial charge in [0.2, 0.25) is 5.91 Å². The number of nitrogens with zero attached hydrogens (tertiary/aromatic N) is 3. The van der Waals surface area contributed by atoms with Crippen molar-refractivity contribution in [1.29, 1.82) is 0 Å². The zero-order valence-electron chi connectivity index (χ0n) is 11.7. The van der Waals surface area contributed by atoms with E-state index in [0.717, 1.165) is 0 Å². The van der Waals surface area contributed by atoms with Crippen LogP contribution in [0.25, 0.3) is 0 Å². The molecule has 1 aliphatic heterocycles. The number of amides is 1. The molecule has 1 saturated heterocycles. The molecule has 0 saturated carbocycles. The summed E-state index contributed by atoms with van der Waals surface area (Å²) in [6.45, 7) is 3.00. The van der Waals surface area contributed by atoms with E-state index in [1.807, 2.05) is 0 Å². The Kier molecular flexibility index (Phi) is 4.27. The van der Waals surface area contributed by atoms with Gasteiger partial charge < -0.3 is 10.4 Å². The summed E-state index contributed by atoms with van der Waals surface area (Å²) in [4.78, 5) is 11.9. The minimum absolute atomic E-state index is 0.122. The van der Waals surface area contributed by atoms with Crippen molar-refractivity contribution >= 4 is 27.3 Å². The average molecular weight is 337 g/mol. The van der Waals surface area contributed by atoms with Crippen LogP contribution < -0.4 is 5.32 Å². The lowest BCUT2D eigenvalue weighted by atomic mass is 10.1. The fraction of sp³-hybridized carbons (Fsp3) is 0.727. The molecule has 0 bridgehead atoms. The molecule has 0 aliphatic carbocycles. The summed E-state index contributed by atoms with van der Waals surface area (Å²) in [7, 11) is -3.19. The lowest BCUT2D eigenvalue weighted by molar-refractivity contribution is -0.122. The number of hydrogen-bond acceptors (Lipinski definition) is 6. The molecule has 10 heteroatoms. The molecule has 8 nitrogen and oxygen atoms in total. The molecule has 2 N–H and O–H groups in total. The molecule has 0 radical (unpaired) electrons. The molecule has 1 amide bonds. The molecule has 2 heterocycles. The Balaban J connectivity index is 1.95. The summed E-state index contributed by atoms with van der Waals surface area (Å²) in [6, 6.07) is -0.596. The molecule has 1 aromatic rings. The number of sulfone groups is 1. The first-order valence-corrected chi connectivity index (χ1v) is 8.59. The Hall–Kier alpha value is -1.19. The number of carbonyl (C=O) groups excluding carboxylic acids is 1. The highest BCUT2D eigenvalue weighted by Crippen LogP contribution is 2.18. The molecule has 1 aromatic heterocycles. The number of alkyl halides is 1. The van der Waals surface area contributed by atoms with E-state index in [4.69, 9.17) is 11.6 Å². The highest BCUT2D eigenvalue weighted by Gasteiger charge is 2.37. The highest BCUT2D eigenvalue weighted by molar-refractivity contribution is 7.91. The number of aromatic nitrogens is 3. The molecule has 2 unspecified atom stereocenters. The maximum absolute atomic E-state index is 11.9. The van der Waals surface area contributed by atoms with Gasteiger partial charge in [0.1, 0.15) is 17.8 Å². The quantitative estimate of drug-likeness (QED) is 0.683. The molecular formula is C11H17ClN4O4S. The third-order valence-electron chi connectivity index (χ3n) is 3.10.